The fourth-order valence-corrected chi connectivity index (χ4v) is 17.1. The van der Waals surface area contributed by atoms with Crippen LogP contribution < -0.4 is 14.8 Å². The van der Waals surface area contributed by atoms with E-state index in [1.807, 2.05) is 96.8 Å². The highest BCUT2D eigenvalue weighted by Gasteiger charge is 2.45. The van der Waals surface area contributed by atoms with Gasteiger partial charge in [-0.25, -0.2) is 23.7 Å². The molecule has 3 aliphatic heterocycles. The Morgan fingerprint density at radius 2 is 1.02 bits per heavy atom. The summed E-state index contributed by atoms with van der Waals surface area (Å²) in [5, 5.41) is 29.2. The number of hydrogen-bond donors (Lipinski definition) is 2. The van der Waals surface area contributed by atoms with Crippen LogP contribution in [0, 0.1) is 22.7 Å². The maximum Gasteiger partial charge on any atom is 0.449 e. The number of hydrogen-bond acceptors (Lipinski definition) is 21. The molecule has 6 rings (SSSR count). The van der Waals surface area contributed by atoms with Gasteiger partial charge in [0.05, 0.1) is 123 Å². The van der Waals surface area contributed by atoms with Crippen LogP contribution in [0.25, 0.3) is 0 Å². The number of carbonyl (C=O) groups is 6. The van der Waals surface area contributed by atoms with Gasteiger partial charge in [-0.2, -0.15) is 23.7 Å². The van der Waals surface area contributed by atoms with E-state index in [9.17, 15) is 47.0 Å². The number of ketones is 1. The number of esters is 1. The molecule has 31 heteroatoms. The molecular formula is C81H126ClF3N8O17P2. The highest BCUT2D eigenvalue weighted by atomic mass is 35.7. The molecule has 3 heterocycles. The minimum absolute atomic E-state index is 0.00242. The normalized spacial score (nSPS) is 18.0. The molecule has 0 saturated carbocycles. The number of ether oxygens (including phenoxy) is 7. The van der Waals surface area contributed by atoms with Crippen LogP contribution in [0.15, 0.2) is 78.9 Å². The molecule has 4 amide bonds. The van der Waals surface area contributed by atoms with Gasteiger partial charge >= 0.3 is 30.4 Å². The zero-order valence-corrected chi connectivity index (χ0v) is 71.1. The highest BCUT2D eigenvalue weighted by molar-refractivity contribution is 7.78. The molecule has 0 aromatic heterocycles. The molecule has 0 spiro atoms. The lowest BCUT2D eigenvalue weighted by molar-refractivity contribution is -0.171. The van der Waals surface area contributed by atoms with Crippen molar-refractivity contribution in [3.63, 3.8) is 0 Å². The van der Waals surface area contributed by atoms with Crippen molar-refractivity contribution in [2.45, 2.75) is 277 Å². The number of amides is 4. The summed E-state index contributed by atoms with van der Waals surface area (Å²) in [4.78, 5) is 78.2. The van der Waals surface area contributed by atoms with Gasteiger partial charge in [0, 0.05) is 62.6 Å². The molecule has 3 aromatic rings. The topological polar surface area (TPSA) is 291 Å². The number of Topliss-reactive ketones (excluding diaryl/α,β-unsaturated/α-hetero) is 1. The van der Waals surface area contributed by atoms with Crippen molar-refractivity contribution in [3.8, 4) is 23.6 Å². The summed E-state index contributed by atoms with van der Waals surface area (Å²) in [6, 6.07) is 29.5. The van der Waals surface area contributed by atoms with E-state index in [0.717, 1.165) is 74.5 Å². The predicted octanol–water partition coefficient (Wildman–Crippen LogP) is 17.5. The summed E-state index contributed by atoms with van der Waals surface area (Å²) in [6.45, 7) is 27.8. The number of β-amino-alcohol motifs (C(OH)–C–C–N with tert-alkyl or cyclic N) is 1. The number of unbranched alkanes of at least 4 members (excludes halogenated alkanes) is 6. The van der Waals surface area contributed by atoms with Gasteiger partial charge in [-0.1, -0.05) is 108 Å². The van der Waals surface area contributed by atoms with E-state index in [0.29, 0.717) is 82.4 Å². The second kappa shape index (κ2) is 54.2. The monoisotopic (exact) mass is 1640 g/mol. The summed E-state index contributed by atoms with van der Waals surface area (Å²) >= 11 is 6.13. The van der Waals surface area contributed by atoms with Crippen LogP contribution >= 0.6 is 27.4 Å². The summed E-state index contributed by atoms with van der Waals surface area (Å²) in [5.41, 5.74) is 1.13. The Morgan fingerprint density at radius 3 is 1.47 bits per heavy atom. The van der Waals surface area contributed by atoms with Crippen molar-refractivity contribution in [2.75, 3.05) is 80.5 Å². The van der Waals surface area contributed by atoms with E-state index in [1.54, 1.807) is 19.1 Å². The second-order valence-electron chi connectivity index (χ2n) is 28.5. The number of nitrogens with zero attached hydrogens (tertiary/aromatic N) is 7. The Bertz CT molecular complexity index is 3210. The van der Waals surface area contributed by atoms with Crippen molar-refractivity contribution in [3.05, 3.63) is 95.6 Å². The van der Waals surface area contributed by atoms with Crippen LogP contribution in [0.1, 0.15) is 222 Å². The van der Waals surface area contributed by atoms with Crippen LogP contribution in [-0.2, 0) is 57.2 Å². The number of nitriles is 2. The van der Waals surface area contributed by atoms with Gasteiger partial charge in [0.25, 0.3) is 8.53 Å². The van der Waals surface area contributed by atoms with Crippen LogP contribution in [0.4, 0.5) is 27.6 Å². The molecule has 2 N–H and O–H groups in total. The average Bonchev–Trinajstić information content (AvgIpc) is 0.886. The minimum Gasteiger partial charge on any atom is -0.497 e. The van der Waals surface area contributed by atoms with Gasteiger partial charge in [0.15, 0.2) is 0 Å². The Labute approximate surface area is 671 Å². The molecule has 112 heavy (non-hydrogen) atoms. The Balaban J connectivity index is 0.000000455. The van der Waals surface area contributed by atoms with E-state index < -0.39 is 64.4 Å². The standard InChI is InChI=1S/C39H45F3N2O9.C21H40N3O4P.C12H23NO3.C9H18ClN2OP/c1-43-35(46)21-22-36(47)53-33-24-30(44(25-33)37(48)51-23-9-5-8-12-34(45)39(40,41)42)26-52-38(27-10-6-4-7-11-27,28-13-17-31(49-2)18-14-28)29-15-19-32(50-3)20-16-29;1-7-9-10-13-26-21(25)23-16-20(15-19(23)8-2)28-29(27-14-11-12-22)24(17(3)4)18(5)6;1-3-5-6-7-16-12(15)13-9-11(14)8-10(13)4-2;1-8(2)12(9(3)4)14(10)13-7-5-6-11/h4,6-7,10-11,13-20,30,33H,5,8-9,12,21-26H2,1-3H3,(H,43,46);17-20H,7-11,13-16H2,1-6H3;10-11,14H,3-9H2,1-2H3;8-9H,5,7H2,1-4H3/t30-,33+;19-,20-,29?;10-,11-;/m011./s1. The molecule has 630 valence electrons. The number of likely N-dealkylation sites (tertiary alicyclic amines) is 3. The first-order valence-electron chi connectivity index (χ1n) is 39.4. The van der Waals surface area contributed by atoms with E-state index >= 15 is 0 Å². The summed E-state index contributed by atoms with van der Waals surface area (Å²) in [5.74, 6) is -1.42. The lowest BCUT2D eigenvalue weighted by Gasteiger charge is -2.37. The van der Waals surface area contributed by atoms with Gasteiger partial charge in [0.1, 0.15) is 23.2 Å². The average molecular weight is 1640 g/mol. The van der Waals surface area contributed by atoms with Gasteiger partial charge < -0.3 is 67.0 Å². The SMILES string of the molecule is CC(C)N(C(C)C)P(Cl)OCCC#N.CCCCCOC(=O)N1C[C@H](O)C[C@H]1CC.CCCCCOC(=O)N1C[C@H](OP(OCCC#N)N(C(C)C)C(C)C)C[C@H]1CC.CNC(=O)CCC(=O)O[C@@H]1C[C@@H](COC(c2ccccc2)(c2ccc(OC)cc2)c2ccc(OC)cc2)N(C(=O)OCCCCCC(=O)C(F)(F)F)C1. The van der Waals surface area contributed by atoms with Crippen molar-refractivity contribution in [1.29, 1.82) is 10.5 Å². The Morgan fingerprint density at radius 1 is 0.571 bits per heavy atom. The van der Waals surface area contributed by atoms with Crippen LogP contribution in [0.2, 0.25) is 0 Å². The number of alkyl halides is 3. The molecule has 0 aliphatic carbocycles. The molecule has 3 saturated heterocycles. The number of aliphatic hydroxyl groups excluding tert-OH is 1. The first kappa shape index (κ1) is 99.5. The van der Waals surface area contributed by atoms with Gasteiger partial charge in [0.2, 0.25) is 19.3 Å². The van der Waals surface area contributed by atoms with E-state index in [2.05, 4.69) is 96.9 Å². The zero-order valence-electron chi connectivity index (χ0n) is 68.6. The van der Waals surface area contributed by atoms with Crippen LogP contribution in [0.3, 0.4) is 0 Å². The molecule has 0 radical (unpaired) electrons. The van der Waals surface area contributed by atoms with Crippen LogP contribution in [0.5, 0.6) is 11.5 Å². The largest absolute Gasteiger partial charge is 0.497 e. The quantitative estimate of drug-likeness (QED) is 0.0175. The second-order valence-corrected chi connectivity index (χ2v) is 31.9. The van der Waals surface area contributed by atoms with E-state index in [1.165, 1.54) is 11.9 Å². The molecule has 3 aromatic carbocycles. The highest BCUT2D eigenvalue weighted by Crippen LogP contribution is 2.50. The van der Waals surface area contributed by atoms with Crippen LogP contribution in [-0.4, -0.2) is 212 Å². The van der Waals surface area contributed by atoms with Crippen molar-refractivity contribution < 1.29 is 93.8 Å². The first-order valence-corrected chi connectivity index (χ1v) is 42.7. The number of rotatable bonds is 42. The van der Waals surface area contributed by atoms with Crippen molar-refractivity contribution in [2.24, 2.45) is 0 Å². The Hall–Kier alpha value is -6.68. The smallest absolute Gasteiger partial charge is 0.449 e. The number of benzene rings is 3. The molecule has 8 atom stereocenters. The maximum absolute atomic E-state index is 13.5. The summed E-state index contributed by atoms with van der Waals surface area (Å²) in [7, 11) is 2.23. The lowest BCUT2D eigenvalue weighted by Crippen LogP contribution is -2.42. The minimum atomic E-state index is -4.87. The number of carbonyl (C=O) groups excluding carboxylic acids is 6. The number of nitrogens with one attached hydrogen (secondary N) is 1. The summed E-state index contributed by atoms with van der Waals surface area (Å²) < 4.78 is 99.5. The molecule has 25 nitrogen and oxygen atoms in total. The molecule has 2 unspecified atom stereocenters. The van der Waals surface area contributed by atoms with Crippen molar-refractivity contribution >= 4 is 63.4 Å². The molecule has 3 fully saturated rings. The Kier molecular flexibility index (Phi) is 48.2. The predicted molar refractivity (Wildman–Crippen MR) is 427 cm³/mol. The third-order valence-corrected chi connectivity index (χ3v) is 23.4. The van der Waals surface area contributed by atoms with Gasteiger partial charge in [-0.3, -0.25) is 19.3 Å². The third kappa shape index (κ3) is 34.4. The molecular weight excluding hydrogens is 1510 g/mol. The van der Waals surface area contributed by atoms with E-state index in [4.69, 9.17) is 68.5 Å². The van der Waals surface area contributed by atoms with Gasteiger partial charge in [-0.05, 0) is 165 Å². The van der Waals surface area contributed by atoms with Gasteiger partial charge in [-0.15, -0.1) is 0 Å². The number of methoxy groups -OCH3 is 2. The molecule has 3 aliphatic rings. The fraction of sp³-hybridized carbons (Fsp3) is 0.679. The zero-order chi connectivity index (χ0) is 83.3. The third-order valence-electron chi connectivity index (χ3n) is 18.7. The van der Waals surface area contributed by atoms with E-state index in [-0.39, 0.29) is 113 Å². The lowest BCUT2D eigenvalue weighted by atomic mass is 9.80. The summed E-state index contributed by atoms with van der Waals surface area (Å²) in [6.07, 6.45) is 2.74. The molecule has 0 bridgehead atoms. The number of aliphatic hydroxyl groups is 1. The first-order chi connectivity index (χ1) is 53.4. The van der Waals surface area contributed by atoms with Crippen molar-refractivity contribution in [1.82, 2.24) is 29.4 Å². The maximum atomic E-state index is 13.5. The number of halogens is 4. The fourth-order valence-electron chi connectivity index (χ4n) is 13.0.